The van der Waals surface area contributed by atoms with E-state index in [0.717, 1.165) is 29.9 Å². The summed E-state index contributed by atoms with van der Waals surface area (Å²) in [5, 5.41) is 12.4. The molecule has 0 saturated carbocycles. The molecular weight excluding hydrogens is 336 g/mol. The highest BCUT2D eigenvalue weighted by Gasteiger charge is 2.35. The number of rotatable bonds is 5. The summed E-state index contributed by atoms with van der Waals surface area (Å²) < 4.78 is 16.5. The molecule has 1 fully saturated rings. The fourth-order valence-corrected chi connectivity index (χ4v) is 3.47. The van der Waals surface area contributed by atoms with Gasteiger partial charge in [0.05, 0.1) is 0 Å². The number of nitrogens with one attached hydrogen (secondary N) is 1. The summed E-state index contributed by atoms with van der Waals surface area (Å²) in [5.41, 5.74) is 1.05. The van der Waals surface area contributed by atoms with Crippen LogP contribution in [0, 0.1) is 0 Å². The Hall–Kier alpha value is -2.80. The molecule has 1 aromatic carbocycles. The van der Waals surface area contributed by atoms with E-state index < -0.39 is 5.97 Å². The van der Waals surface area contributed by atoms with Gasteiger partial charge in [0.25, 0.3) is 0 Å². The second-order valence-electron chi connectivity index (χ2n) is 6.53. The first-order valence-corrected chi connectivity index (χ1v) is 8.58. The maximum Gasteiger partial charge on any atom is 0.354 e. The summed E-state index contributed by atoms with van der Waals surface area (Å²) in [5.74, 6) is 1.04. The van der Waals surface area contributed by atoms with Crippen molar-refractivity contribution in [2.45, 2.75) is 18.3 Å². The molecule has 4 rings (SSSR count). The Bertz CT molecular complexity index is 817. The molecule has 0 bridgehead atoms. The molecule has 0 unspecified atom stereocenters. The predicted molar refractivity (Wildman–Crippen MR) is 94.0 cm³/mol. The lowest BCUT2D eigenvalue weighted by Gasteiger charge is -2.38. The lowest BCUT2D eigenvalue weighted by atomic mass is 9.74. The van der Waals surface area contributed by atoms with Crippen molar-refractivity contribution in [1.29, 1.82) is 0 Å². The third kappa shape index (κ3) is 3.17. The molecular formula is C19H20N2O5. The zero-order valence-corrected chi connectivity index (χ0v) is 14.2. The van der Waals surface area contributed by atoms with Crippen LogP contribution in [0.3, 0.4) is 0 Å². The van der Waals surface area contributed by atoms with Crippen LogP contribution in [0.25, 0.3) is 0 Å². The van der Waals surface area contributed by atoms with Crippen LogP contribution in [0.1, 0.15) is 28.9 Å². The van der Waals surface area contributed by atoms with Crippen LogP contribution in [0.4, 0.5) is 5.82 Å². The maximum atomic E-state index is 11.1. The number of hydrogen-bond acceptors (Lipinski definition) is 6. The normalized spacial score (nSPS) is 17.7. The van der Waals surface area contributed by atoms with Crippen LogP contribution in [0.5, 0.6) is 11.5 Å². The van der Waals surface area contributed by atoms with E-state index >= 15 is 0 Å². The Morgan fingerprint density at radius 1 is 1.15 bits per heavy atom. The van der Waals surface area contributed by atoms with Crippen LogP contribution in [-0.4, -0.2) is 42.6 Å². The van der Waals surface area contributed by atoms with Crippen LogP contribution < -0.4 is 14.8 Å². The highest BCUT2D eigenvalue weighted by Crippen LogP contribution is 2.40. The first-order chi connectivity index (χ1) is 12.7. The van der Waals surface area contributed by atoms with Gasteiger partial charge in [-0.3, -0.25) is 0 Å². The SMILES string of the molecule is O=C(O)c1cccc(NCC2(c3ccc4c(c3)OCO4)CCOCC2)n1. The maximum absolute atomic E-state index is 11.1. The molecule has 7 nitrogen and oxygen atoms in total. The number of carboxylic acid groups (broad SMARTS) is 1. The largest absolute Gasteiger partial charge is 0.477 e. The number of carboxylic acids is 1. The van der Waals surface area contributed by atoms with Crippen molar-refractivity contribution in [3.63, 3.8) is 0 Å². The smallest absolute Gasteiger partial charge is 0.354 e. The molecule has 2 N–H and O–H groups in total. The number of nitrogens with zero attached hydrogens (tertiary/aromatic N) is 1. The van der Waals surface area contributed by atoms with Crippen LogP contribution >= 0.6 is 0 Å². The number of carbonyl (C=O) groups is 1. The zero-order chi connectivity index (χ0) is 18.0. The molecule has 1 aromatic heterocycles. The van der Waals surface area contributed by atoms with Gasteiger partial charge in [-0.2, -0.15) is 0 Å². The van der Waals surface area contributed by atoms with Crippen molar-refractivity contribution in [3.8, 4) is 11.5 Å². The van der Waals surface area contributed by atoms with Crippen LogP contribution in [0.15, 0.2) is 36.4 Å². The highest BCUT2D eigenvalue weighted by atomic mass is 16.7. The van der Waals surface area contributed by atoms with E-state index in [1.54, 1.807) is 12.1 Å². The Labute approximate surface area is 150 Å². The van der Waals surface area contributed by atoms with Crippen molar-refractivity contribution in [2.24, 2.45) is 0 Å². The molecule has 7 heteroatoms. The Kier molecular flexibility index (Phi) is 4.38. The quantitative estimate of drug-likeness (QED) is 0.851. The number of fused-ring (bicyclic) bond motifs is 1. The van der Waals surface area contributed by atoms with Gasteiger partial charge >= 0.3 is 5.97 Å². The van der Waals surface area contributed by atoms with E-state index in [4.69, 9.17) is 19.3 Å². The number of anilines is 1. The van der Waals surface area contributed by atoms with Crippen molar-refractivity contribution in [2.75, 3.05) is 31.9 Å². The minimum atomic E-state index is -1.04. The minimum Gasteiger partial charge on any atom is -0.477 e. The molecule has 0 atom stereocenters. The van der Waals surface area contributed by atoms with Crippen molar-refractivity contribution in [3.05, 3.63) is 47.7 Å². The number of hydrogen-bond donors (Lipinski definition) is 2. The predicted octanol–water partition coefficient (Wildman–Crippen LogP) is 2.67. The molecule has 136 valence electrons. The minimum absolute atomic E-state index is 0.0270. The number of aromatic nitrogens is 1. The summed E-state index contributed by atoms with van der Waals surface area (Å²) in [6.07, 6.45) is 1.72. The van der Waals surface area contributed by atoms with Crippen LogP contribution in [0.2, 0.25) is 0 Å². The molecule has 0 spiro atoms. The van der Waals surface area contributed by atoms with Gasteiger partial charge in [0.1, 0.15) is 5.82 Å². The van der Waals surface area contributed by atoms with E-state index in [1.807, 2.05) is 12.1 Å². The van der Waals surface area contributed by atoms with Gasteiger partial charge in [-0.1, -0.05) is 12.1 Å². The summed E-state index contributed by atoms with van der Waals surface area (Å²) in [7, 11) is 0. The average molecular weight is 356 g/mol. The van der Waals surface area contributed by atoms with E-state index in [-0.39, 0.29) is 17.9 Å². The number of pyridine rings is 1. The fourth-order valence-electron chi connectivity index (χ4n) is 3.47. The van der Waals surface area contributed by atoms with Gasteiger partial charge < -0.3 is 24.6 Å². The summed E-state index contributed by atoms with van der Waals surface area (Å²) in [6, 6.07) is 11.0. The average Bonchev–Trinajstić information content (AvgIpc) is 3.15. The summed E-state index contributed by atoms with van der Waals surface area (Å²) >= 11 is 0. The fraction of sp³-hybridized carbons (Fsp3) is 0.368. The molecule has 2 aliphatic heterocycles. The lowest BCUT2D eigenvalue weighted by Crippen LogP contribution is -2.40. The van der Waals surface area contributed by atoms with Gasteiger partial charge in [-0.25, -0.2) is 9.78 Å². The second kappa shape index (κ2) is 6.84. The molecule has 0 amide bonds. The molecule has 0 aliphatic carbocycles. The van der Waals surface area contributed by atoms with E-state index in [1.165, 1.54) is 6.07 Å². The first-order valence-electron chi connectivity index (χ1n) is 8.58. The first kappa shape index (κ1) is 16.7. The summed E-state index contributed by atoms with van der Waals surface area (Å²) in [4.78, 5) is 15.3. The summed E-state index contributed by atoms with van der Waals surface area (Å²) in [6.45, 7) is 2.24. The van der Waals surface area contributed by atoms with Crippen LogP contribution in [-0.2, 0) is 10.2 Å². The van der Waals surface area contributed by atoms with Gasteiger partial charge in [-0.15, -0.1) is 0 Å². The number of ether oxygens (including phenoxy) is 3. The zero-order valence-electron chi connectivity index (χ0n) is 14.2. The molecule has 26 heavy (non-hydrogen) atoms. The van der Waals surface area contributed by atoms with Crippen molar-refractivity contribution < 1.29 is 24.1 Å². The number of benzene rings is 1. The molecule has 1 saturated heterocycles. The second-order valence-corrected chi connectivity index (χ2v) is 6.53. The Balaban J connectivity index is 1.59. The van der Waals surface area contributed by atoms with Crippen molar-refractivity contribution in [1.82, 2.24) is 4.98 Å². The Morgan fingerprint density at radius 2 is 1.96 bits per heavy atom. The van der Waals surface area contributed by atoms with Gasteiger partial charge in [0.2, 0.25) is 6.79 Å². The van der Waals surface area contributed by atoms with Gasteiger partial charge in [-0.05, 0) is 42.7 Å². The standard InChI is InChI=1S/C19H20N2O5/c22-18(23)14-2-1-3-17(21-14)20-11-19(6-8-24-9-7-19)13-4-5-15-16(10-13)26-12-25-15/h1-5,10H,6-9,11-12H2,(H,20,21)(H,22,23). The van der Waals surface area contributed by atoms with E-state index in [0.29, 0.717) is 25.6 Å². The van der Waals surface area contributed by atoms with Crippen molar-refractivity contribution >= 4 is 11.8 Å². The third-order valence-electron chi connectivity index (χ3n) is 5.01. The van der Waals surface area contributed by atoms with E-state index in [9.17, 15) is 4.79 Å². The van der Waals surface area contributed by atoms with Gasteiger partial charge in [0, 0.05) is 25.2 Å². The van der Waals surface area contributed by atoms with Gasteiger partial charge in [0.15, 0.2) is 17.2 Å². The molecule has 2 aliphatic rings. The molecule has 0 radical (unpaired) electrons. The molecule has 3 heterocycles. The highest BCUT2D eigenvalue weighted by molar-refractivity contribution is 5.85. The third-order valence-corrected chi connectivity index (χ3v) is 5.01. The van der Waals surface area contributed by atoms with E-state index in [2.05, 4.69) is 16.4 Å². The molecule has 2 aromatic rings. The number of aromatic carboxylic acids is 1. The topological polar surface area (TPSA) is 89.9 Å². The Morgan fingerprint density at radius 3 is 2.77 bits per heavy atom. The monoisotopic (exact) mass is 356 g/mol. The lowest BCUT2D eigenvalue weighted by molar-refractivity contribution is 0.0543.